The van der Waals surface area contributed by atoms with Crippen molar-refractivity contribution in [2.24, 2.45) is 5.92 Å². The average molecular weight is 266 g/mol. The standard InChI is InChI=1S/C18H18O2/c1-13-16(19)12-17(14-8-4-2-5-9-14)20-18(13)15-10-6-3-7-11-15/h2-11,13,17-18H,12H2,1H3. The van der Waals surface area contributed by atoms with Crippen LogP contribution >= 0.6 is 0 Å². The third-order valence-electron chi connectivity index (χ3n) is 3.96. The second kappa shape index (κ2) is 5.59. The molecular formula is C18H18O2. The Kier molecular flexibility index (Phi) is 3.66. The molecule has 1 saturated heterocycles. The van der Waals surface area contributed by atoms with Crippen molar-refractivity contribution in [1.82, 2.24) is 0 Å². The van der Waals surface area contributed by atoms with Gasteiger partial charge in [-0.2, -0.15) is 0 Å². The van der Waals surface area contributed by atoms with Gasteiger partial charge in [-0.25, -0.2) is 0 Å². The molecule has 3 unspecified atom stereocenters. The van der Waals surface area contributed by atoms with E-state index in [0.717, 1.165) is 11.1 Å². The van der Waals surface area contributed by atoms with Gasteiger partial charge in [0.2, 0.25) is 0 Å². The monoisotopic (exact) mass is 266 g/mol. The number of hydrogen-bond donors (Lipinski definition) is 0. The van der Waals surface area contributed by atoms with Crippen molar-refractivity contribution >= 4 is 5.78 Å². The van der Waals surface area contributed by atoms with Crippen LogP contribution in [-0.2, 0) is 9.53 Å². The van der Waals surface area contributed by atoms with Crippen molar-refractivity contribution < 1.29 is 9.53 Å². The molecule has 1 aliphatic rings. The highest BCUT2D eigenvalue weighted by atomic mass is 16.5. The van der Waals surface area contributed by atoms with Gasteiger partial charge in [0.1, 0.15) is 5.78 Å². The lowest BCUT2D eigenvalue weighted by Crippen LogP contribution is -2.31. The van der Waals surface area contributed by atoms with Gasteiger partial charge in [-0.15, -0.1) is 0 Å². The molecule has 3 rings (SSSR count). The number of benzene rings is 2. The van der Waals surface area contributed by atoms with E-state index in [-0.39, 0.29) is 23.9 Å². The highest BCUT2D eigenvalue weighted by Gasteiger charge is 2.35. The fraction of sp³-hybridized carbons (Fsp3) is 0.278. The second-order valence-corrected chi connectivity index (χ2v) is 5.33. The molecular weight excluding hydrogens is 248 g/mol. The Labute approximate surface area is 119 Å². The molecule has 2 heteroatoms. The first-order chi connectivity index (χ1) is 9.75. The minimum absolute atomic E-state index is 0.0858. The van der Waals surface area contributed by atoms with Crippen molar-refractivity contribution in [1.29, 1.82) is 0 Å². The summed E-state index contributed by atoms with van der Waals surface area (Å²) in [6.45, 7) is 1.96. The van der Waals surface area contributed by atoms with Crippen LogP contribution in [0.4, 0.5) is 0 Å². The maximum Gasteiger partial charge on any atom is 0.141 e. The normalized spacial score (nSPS) is 26.4. The number of carbonyl (C=O) groups is 1. The van der Waals surface area contributed by atoms with E-state index in [1.165, 1.54) is 0 Å². The van der Waals surface area contributed by atoms with E-state index in [0.29, 0.717) is 6.42 Å². The molecule has 102 valence electrons. The molecule has 2 aromatic rings. The van der Waals surface area contributed by atoms with Crippen molar-refractivity contribution in [2.75, 3.05) is 0 Å². The average Bonchev–Trinajstić information content (AvgIpc) is 2.51. The first kappa shape index (κ1) is 13.1. The molecule has 2 nitrogen and oxygen atoms in total. The lowest BCUT2D eigenvalue weighted by molar-refractivity contribution is -0.146. The first-order valence-corrected chi connectivity index (χ1v) is 7.04. The van der Waals surface area contributed by atoms with Crippen molar-refractivity contribution in [3.63, 3.8) is 0 Å². The quantitative estimate of drug-likeness (QED) is 0.818. The smallest absolute Gasteiger partial charge is 0.141 e. The molecule has 0 amide bonds. The Morgan fingerprint density at radius 2 is 1.45 bits per heavy atom. The Bertz CT molecular complexity index is 577. The van der Waals surface area contributed by atoms with Gasteiger partial charge in [0.25, 0.3) is 0 Å². The highest BCUT2D eigenvalue weighted by molar-refractivity contribution is 5.82. The van der Waals surface area contributed by atoms with E-state index in [2.05, 4.69) is 0 Å². The fourth-order valence-electron chi connectivity index (χ4n) is 2.75. The fourth-order valence-corrected chi connectivity index (χ4v) is 2.75. The summed E-state index contributed by atoms with van der Waals surface area (Å²) in [6.07, 6.45) is 0.182. The highest BCUT2D eigenvalue weighted by Crippen LogP contribution is 2.40. The predicted octanol–water partition coefficient (Wildman–Crippen LogP) is 4.09. The van der Waals surface area contributed by atoms with Crippen LogP contribution in [0.3, 0.4) is 0 Å². The summed E-state index contributed by atoms with van der Waals surface area (Å²) in [5.74, 6) is 0.191. The summed E-state index contributed by atoms with van der Waals surface area (Å²) < 4.78 is 6.22. The number of hydrogen-bond acceptors (Lipinski definition) is 2. The largest absolute Gasteiger partial charge is 0.364 e. The number of rotatable bonds is 2. The minimum atomic E-state index is -0.150. The molecule has 1 fully saturated rings. The van der Waals surface area contributed by atoms with Crippen LogP contribution in [0.2, 0.25) is 0 Å². The van der Waals surface area contributed by atoms with Crippen molar-refractivity contribution in [3.05, 3.63) is 71.8 Å². The van der Waals surface area contributed by atoms with E-state index in [1.54, 1.807) is 0 Å². The van der Waals surface area contributed by atoms with Crippen LogP contribution < -0.4 is 0 Å². The molecule has 0 saturated carbocycles. The lowest BCUT2D eigenvalue weighted by Gasteiger charge is -2.34. The van der Waals surface area contributed by atoms with Gasteiger partial charge in [0.15, 0.2) is 0 Å². The first-order valence-electron chi connectivity index (χ1n) is 7.04. The minimum Gasteiger partial charge on any atom is -0.364 e. The molecule has 1 heterocycles. The van der Waals surface area contributed by atoms with Gasteiger partial charge in [-0.05, 0) is 11.1 Å². The predicted molar refractivity (Wildman–Crippen MR) is 78.2 cm³/mol. The molecule has 20 heavy (non-hydrogen) atoms. The van der Waals surface area contributed by atoms with E-state index >= 15 is 0 Å². The SMILES string of the molecule is CC1C(=O)CC(c2ccccc2)OC1c1ccccc1. The van der Waals surface area contributed by atoms with Gasteiger partial charge >= 0.3 is 0 Å². The number of Topliss-reactive ketones (excluding diaryl/α,β-unsaturated/α-hetero) is 1. The van der Waals surface area contributed by atoms with Crippen LogP contribution in [0.5, 0.6) is 0 Å². The molecule has 0 spiro atoms. The summed E-state index contributed by atoms with van der Waals surface area (Å²) >= 11 is 0. The lowest BCUT2D eigenvalue weighted by atomic mass is 9.86. The number of ketones is 1. The summed E-state index contributed by atoms with van der Waals surface area (Å²) in [5, 5.41) is 0. The number of ether oxygens (including phenoxy) is 1. The number of carbonyl (C=O) groups excluding carboxylic acids is 1. The Morgan fingerprint density at radius 1 is 0.900 bits per heavy atom. The van der Waals surface area contributed by atoms with E-state index < -0.39 is 0 Å². The third kappa shape index (κ3) is 2.52. The van der Waals surface area contributed by atoms with Crippen molar-refractivity contribution in [2.45, 2.75) is 25.6 Å². The molecule has 0 bridgehead atoms. The van der Waals surface area contributed by atoms with E-state index in [9.17, 15) is 4.79 Å². The van der Waals surface area contributed by atoms with Crippen molar-refractivity contribution in [3.8, 4) is 0 Å². The summed E-state index contributed by atoms with van der Waals surface area (Å²) in [5.41, 5.74) is 2.16. The molecule has 0 aliphatic carbocycles. The second-order valence-electron chi connectivity index (χ2n) is 5.33. The Hall–Kier alpha value is -1.93. The van der Waals surface area contributed by atoms with Crippen LogP contribution in [0.1, 0.15) is 36.7 Å². The van der Waals surface area contributed by atoms with Gasteiger partial charge in [0, 0.05) is 12.3 Å². The maximum atomic E-state index is 12.3. The maximum absolute atomic E-state index is 12.3. The molecule has 1 aliphatic heterocycles. The van der Waals surface area contributed by atoms with Crippen LogP contribution in [-0.4, -0.2) is 5.78 Å². The molecule has 3 atom stereocenters. The summed E-state index contributed by atoms with van der Waals surface area (Å²) in [4.78, 5) is 12.3. The van der Waals surface area contributed by atoms with Gasteiger partial charge in [0.05, 0.1) is 12.2 Å². The van der Waals surface area contributed by atoms with E-state index in [1.807, 2.05) is 67.6 Å². The summed E-state index contributed by atoms with van der Waals surface area (Å²) in [6, 6.07) is 20.0. The topological polar surface area (TPSA) is 26.3 Å². The molecule has 0 aromatic heterocycles. The van der Waals surface area contributed by atoms with Crippen LogP contribution in [0.15, 0.2) is 60.7 Å². The molecule has 0 radical (unpaired) electrons. The van der Waals surface area contributed by atoms with Crippen LogP contribution in [0.25, 0.3) is 0 Å². The van der Waals surface area contributed by atoms with Gasteiger partial charge < -0.3 is 4.74 Å². The zero-order chi connectivity index (χ0) is 13.9. The Morgan fingerprint density at radius 3 is 2.05 bits per heavy atom. The molecule has 0 N–H and O–H groups in total. The summed E-state index contributed by atoms with van der Waals surface area (Å²) in [7, 11) is 0. The Balaban J connectivity index is 1.89. The van der Waals surface area contributed by atoms with E-state index in [4.69, 9.17) is 4.74 Å². The molecule has 2 aromatic carbocycles. The van der Waals surface area contributed by atoms with Gasteiger partial charge in [-0.3, -0.25) is 4.79 Å². The van der Waals surface area contributed by atoms with Crippen LogP contribution in [0, 0.1) is 5.92 Å². The zero-order valence-corrected chi connectivity index (χ0v) is 11.5. The third-order valence-corrected chi connectivity index (χ3v) is 3.96. The van der Waals surface area contributed by atoms with Gasteiger partial charge in [-0.1, -0.05) is 67.6 Å². The zero-order valence-electron chi connectivity index (χ0n) is 11.5.